The second-order valence-electron chi connectivity index (χ2n) is 5.33. The van der Waals surface area contributed by atoms with Crippen molar-refractivity contribution >= 4 is 17.6 Å². The van der Waals surface area contributed by atoms with Gasteiger partial charge in [-0.15, -0.1) is 0 Å². The van der Waals surface area contributed by atoms with E-state index >= 15 is 0 Å². The molecule has 1 heterocycles. The second-order valence-corrected chi connectivity index (χ2v) is 5.33. The molecule has 0 radical (unpaired) electrons. The number of hydrogen-bond acceptors (Lipinski definition) is 8. The van der Waals surface area contributed by atoms with E-state index in [-0.39, 0.29) is 11.4 Å². The maximum Gasteiger partial charge on any atom is 0.344 e. The minimum Gasteiger partial charge on any atom is -0.493 e. The van der Waals surface area contributed by atoms with Crippen LogP contribution < -0.4 is 24.3 Å². The average molecular weight is 390 g/mol. The molecule has 1 aromatic carbocycles. The van der Waals surface area contributed by atoms with E-state index in [4.69, 9.17) is 23.7 Å². The molecule has 0 unspecified atom stereocenters. The smallest absolute Gasteiger partial charge is 0.344 e. The van der Waals surface area contributed by atoms with Crippen LogP contribution in [0, 0.1) is 0 Å². The molecular formula is C19H22N2O7. The van der Waals surface area contributed by atoms with Crippen LogP contribution in [-0.4, -0.2) is 51.4 Å². The fourth-order valence-electron chi connectivity index (χ4n) is 2.36. The summed E-state index contributed by atoms with van der Waals surface area (Å²) >= 11 is 0. The highest BCUT2D eigenvalue weighted by molar-refractivity contribution is 5.96. The average Bonchev–Trinajstić information content (AvgIpc) is 2.71. The van der Waals surface area contributed by atoms with Crippen LogP contribution in [0.2, 0.25) is 0 Å². The zero-order chi connectivity index (χ0) is 20.5. The molecule has 9 heteroatoms. The van der Waals surface area contributed by atoms with E-state index in [0.29, 0.717) is 29.5 Å². The van der Waals surface area contributed by atoms with Gasteiger partial charge in [0.25, 0.3) is 5.91 Å². The normalized spacial score (nSPS) is 10.0. The van der Waals surface area contributed by atoms with Crippen LogP contribution in [0.3, 0.4) is 0 Å². The number of esters is 1. The molecule has 150 valence electrons. The third kappa shape index (κ3) is 5.03. The molecule has 0 bridgehead atoms. The Morgan fingerprint density at radius 2 is 1.75 bits per heavy atom. The van der Waals surface area contributed by atoms with Gasteiger partial charge in [-0.2, -0.15) is 0 Å². The summed E-state index contributed by atoms with van der Waals surface area (Å²) in [6, 6.07) is 6.22. The highest BCUT2D eigenvalue weighted by Crippen LogP contribution is 2.39. The summed E-state index contributed by atoms with van der Waals surface area (Å²) in [5.74, 6) is 0.0623. The molecule has 0 aliphatic carbocycles. The summed E-state index contributed by atoms with van der Waals surface area (Å²) in [5, 5.41) is 2.61. The molecule has 0 aliphatic rings. The van der Waals surface area contributed by atoms with Gasteiger partial charge in [-0.3, -0.25) is 4.79 Å². The van der Waals surface area contributed by atoms with Gasteiger partial charge in [0.1, 0.15) is 5.56 Å². The summed E-state index contributed by atoms with van der Waals surface area (Å²) in [6.45, 7) is 1.63. The number of methoxy groups -OCH3 is 3. The third-order valence-electron chi connectivity index (χ3n) is 3.55. The van der Waals surface area contributed by atoms with E-state index in [1.165, 1.54) is 33.6 Å². The molecule has 0 atom stereocenters. The first-order valence-corrected chi connectivity index (χ1v) is 8.38. The first kappa shape index (κ1) is 20.8. The van der Waals surface area contributed by atoms with Crippen molar-refractivity contribution in [2.45, 2.75) is 6.92 Å². The van der Waals surface area contributed by atoms with Crippen molar-refractivity contribution in [2.75, 3.05) is 39.9 Å². The molecule has 28 heavy (non-hydrogen) atoms. The number of hydrogen-bond donors (Lipinski definition) is 1. The van der Waals surface area contributed by atoms with Gasteiger partial charge in [0, 0.05) is 24.0 Å². The van der Waals surface area contributed by atoms with Crippen LogP contribution in [0.4, 0.5) is 5.69 Å². The first-order valence-electron chi connectivity index (χ1n) is 8.38. The van der Waals surface area contributed by atoms with Crippen molar-refractivity contribution < 1.29 is 33.3 Å². The molecule has 1 amide bonds. The summed E-state index contributed by atoms with van der Waals surface area (Å²) in [5.41, 5.74) is 0.539. The number of carbonyl (C=O) groups excluding carboxylic acids is 2. The lowest BCUT2D eigenvalue weighted by Crippen LogP contribution is -2.21. The van der Waals surface area contributed by atoms with Crippen LogP contribution >= 0.6 is 0 Å². The number of benzene rings is 1. The Bertz CT molecular complexity index is 814. The van der Waals surface area contributed by atoms with Crippen LogP contribution in [0.1, 0.15) is 17.3 Å². The molecule has 0 saturated heterocycles. The van der Waals surface area contributed by atoms with Crippen LogP contribution in [0.15, 0.2) is 30.5 Å². The van der Waals surface area contributed by atoms with Crippen molar-refractivity contribution in [1.29, 1.82) is 0 Å². The number of ether oxygens (including phenoxy) is 5. The summed E-state index contributed by atoms with van der Waals surface area (Å²) in [4.78, 5) is 28.3. The maximum absolute atomic E-state index is 12.2. The van der Waals surface area contributed by atoms with Crippen molar-refractivity contribution in [3.8, 4) is 23.1 Å². The molecule has 9 nitrogen and oxygen atoms in total. The largest absolute Gasteiger partial charge is 0.493 e. The lowest BCUT2D eigenvalue weighted by atomic mass is 10.2. The summed E-state index contributed by atoms with van der Waals surface area (Å²) in [7, 11) is 4.41. The number of anilines is 1. The SMILES string of the molecule is CCOc1ncccc1C(=O)OCC(=O)Nc1cc(OC)c(OC)c(OC)c1. The number of nitrogens with zero attached hydrogens (tertiary/aromatic N) is 1. The monoisotopic (exact) mass is 390 g/mol. The predicted octanol–water partition coefficient (Wildman–Crippen LogP) is 2.30. The molecule has 1 aromatic heterocycles. The summed E-state index contributed by atoms with van der Waals surface area (Å²) < 4.78 is 26.0. The van der Waals surface area contributed by atoms with Gasteiger partial charge in [0.05, 0.1) is 27.9 Å². The fourth-order valence-corrected chi connectivity index (χ4v) is 2.36. The molecule has 1 N–H and O–H groups in total. The van der Waals surface area contributed by atoms with E-state index < -0.39 is 18.5 Å². The minimum absolute atomic E-state index is 0.143. The summed E-state index contributed by atoms with van der Waals surface area (Å²) in [6.07, 6.45) is 1.50. The molecule has 0 fully saturated rings. The lowest BCUT2D eigenvalue weighted by Gasteiger charge is -2.14. The van der Waals surface area contributed by atoms with Crippen LogP contribution in [-0.2, 0) is 9.53 Å². The first-order chi connectivity index (χ1) is 13.5. The Balaban J connectivity index is 2.04. The number of pyridine rings is 1. The molecule has 0 saturated carbocycles. The number of amides is 1. The topological polar surface area (TPSA) is 105 Å². The van der Waals surface area contributed by atoms with Crippen LogP contribution in [0.25, 0.3) is 0 Å². The molecule has 2 aromatic rings. The number of nitrogens with one attached hydrogen (secondary N) is 1. The van der Waals surface area contributed by atoms with Gasteiger partial charge >= 0.3 is 5.97 Å². The van der Waals surface area contributed by atoms with Gasteiger partial charge < -0.3 is 29.0 Å². The van der Waals surface area contributed by atoms with E-state index in [0.717, 1.165) is 0 Å². The van der Waals surface area contributed by atoms with E-state index in [9.17, 15) is 9.59 Å². The molecule has 0 spiro atoms. The molecular weight excluding hydrogens is 368 g/mol. The van der Waals surface area contributed by atoms with Crippen molar-refractivity contribution in [3.63, 3.8) is 0 Å². The highest BCUT2D eigenvalue weighted by Gasteiger charge is 2.18. The van der Waals surface area contributed by atoms with Gasteiger partial charge in [0.2, 0.25) is 11.6 Å². The van der Waals surface area contributed by atoms with E-state index in [1.807, 2.05) is 0 Å². The Kier molecular flexibility index (Phi) is 7.44. The Labute approximate surface area is 162 Å². The maximum atomic E-state index is 12.2. The van der Waals surface area contributed by atoms with E-state index in [1.54, 1.807) is 25.1 Å². The van der Waals surface area contributed by atoms with Crippen molar-refractivity contribution in [3.05, 3.63) is 36.0 Å². The Morgan fingerprint density at radius 3 is 2.32 bits per heavy atom. The van der Waals surface area contributed by atoms with Crippen molar-refractivity contribution in [1.82, 2.24) is 4.98 Å². The third-order valence-corrected chi connectivity index (χ3v) is 3.55. The van der Waals surface area contributed by atoms with Crippen molar-refractivity contribution in [2.24, 2.45) is 0 Å². The van der Waals surface area contributed by atoms with Gasteiger partial charge in [-0.25, -0.2) is 9.78 Å². The van der Waals surface area contributed by atoms with Gasteiger partial charge in [-0.1, -0.05) is 0 Å². The quantitative estimate of drug-likeness (QED) is 0.650. The number of carbonyl (C=O) groups is 2. The Morgan fingerprint density at radius 1 is 1.07 bits per heavy atom. The zero-order valence-electron chi connectivity index (χ0n) is 16.1. The van der Waals surface area contributed by atoms with Crippen LogP contribution in [0.5, 0.6) is 23.1 Å². The van der Waals surface area contributed by atoms with Gasteiger partial charge in [0.15, 0.2) is 18.1 Å². The highest BCUT2D eigenvalue weighted by atomic mass is 16.5. The lowest BCUT2D eigenvalue weighted by molar-refractivity contribution is -0.119. The fraction of sp³-hybridized carbons (Fsp3) is 0.316. The minimum atomic E-state index is -0.711. The number of aromatic nitrogens is 1. The second kappa shape index (κ2) is 10.0. The van der Waals surface area contributed by atoms with Gasteiger partial charge in [-0.05, 0) is 19.1 Å². The standard InChI is InChI=1S/C19H22N2O7/c1-5-27-18-13(7-6-8-20-18)19(23)28-11-16(22)21-12-9-14(24-2)17(26-4)15(10-12)25-3/h6-10H,5,11H2,1-4H3,(H,21,22). The molecule has 0 aliphatic heterocycles. The number of rotatable bonds is 9. The zero-order valence-corrected chi connectivity index (χ0v) is 16.1. The molecule has 2 rings (SSSR count). The van der Waals surface area contributed by atoms with E-state index in [2.05, 4.69) is 10.3 Å². The Hall–Kier alpha value is -3.49. The predicted molar refractivity (Wildman–Crippen MR) is 100 cm³/mol.